The maximum atomic E-state index is 12.6. The molecule has 16 heavy (non-hydrogen) atoms. The molecule has 1 aromatic carbocycles. The van der Waals surface area contributed by atoms with Crippen molar-refractivity contribution >= 4 is 19.9 Å². The van der Waals surface area contributed by atoms with Crippen LogP contribution in [0.15, 0.2) is 29.2 Å². The van der Waals surface area contributed by atoms with E-state index in [1.807, 2.05) is 0 Å². The Hall–Kier alpha value is -0.990. The van der Waals surface area contributed by atoms with Crippen LogP contribution < -0.4 is 5.14 Å². The molecule has 0 bridgehead atoms. The van der Waals surface area contributed by atoms with Gasteiger partial charge in [0.1, 0.15) is 5.82 Å². The zero-order chi connectivity index (χ0) is 12.6. The summed E-state index contributed by atoms with van der Waals surface area (Å²) in [6, 6.07) is 3.85. The van der Waals surface area contributed by atoms with Crippen molar-refractivity contribution in [1.29, 1.82) is 0 Å². The van der Waals surface area contributed by atoms with Gasteiger partial charge in [0.15, 0.2) is 14.4 Å². The van der Waals surface area contributed by atoms with E-state index in [9.17, 15) is 21.2 Å². The molecule has 0 aliphatic carbocycles. The number of primary sulfonamides is 1. The van der Waals surface area contributed by atoms with Crippen LogP contribution in [0.2, 0.25) is 0 Å². The lowest BCUT2D eigenvalue weighted by atomic mass is 10.4. The normalized spacial score (nSPS) is 14.7. The average molecular weight is 267 g/mol. The molecular formula is C8H10FNO4S2. The smallest absolute Gasteiger partial charge is 0.226 e. The lowest BCUT2D eigenvalue weighted by Gasteiger charge is -2.10. The quantitative estimate of drug-likeness (QED) is 0.793. The Balaban J connectivity index is 3.28. The highest BCUT2D eigenvalue weighted by Gasteiger charge is 2.32. The highest BCUT2D eigenvalue weighted by atomic mass is 32.3. The van der Waals surface area contributed by atoms with Crippen LogP contribution >= 0.6 is 0 Å². The first-order valence-corrected chi connectivity index (χ1v) is 7.32. The number of halogens is 1. The van der Waals surface area contributed by atoms with Gasteiger partial charge in [-0.25, -0.2) is 26.4 Å². The lowest BCUT2D eigenvalue weighted by Crippen LogP contribution is -2.33. The van der Waals surface area contributed by atoms with Gasteiger partial charge in [0.2, 0.25) is 10.0 Å². The Bertz CT molecular complexity index is 577. The minimum Gasteiger partial charge on any atom is -0.228 e. The summed E-state index contributed by atoms with van der Waals surface area (Å²) in [7, 11) is -8.29. The molecule has 1 rings (SSSR count). The van der Waals surface area contributed by atoms with Crippen LogP contribution in [0.1, 0.15) is 6.92 Å². The van der Waals surface area contributed by atoms with Crippen LogP contribution in [-0.4, -0.2) is 21.4 Å². The number of hydrogen-bond donors (Lipinski definition) is 1. The molecule has 0 amide bonds. The summed E-state index contributed by atoms with van der Waals surface area (Å²) in [5.41, 5.74) is 0. The van der Waals surface area contributed by atoms with Gasteiger partial charge < -0.3 is 0 Å². The second kappa shape index (κ2) is 4.11. The highest BCUT2D eigenvalue weighted by molar-refractivity contribution is 8.08. The molecule has 0 saturated heterocycles. The van der Waals surface area contributed by atoms with Gasteiger partial charge in [0, 0.05) is 0 Å². The van der Waals surface area contributed by atoms with Gasteiger partial charge >= 0.3 is 0 Å². The van der Waals surface area contributed by atoms with Crippen molar-refractivity contribution in [1.82, 2.24) is 0 Å². The third kappa shape index (κ3) is 2.57. The highest BCUT2D eigenvalue weighted by Crippen LogP contribution is 2.18. The molecule has 0 aromatic heterocycles. The molecule has 0 radical (unpaired) electrons. The first-order chi connectivity index (χ1) is 7.15. The van der Waals surface area contributed by atoms with Crippen LogP contribution in [0.4, 0.5) is 4.39 Å². The average Bonchev–Trinajstić information content (AvgIpc) is 2.16. The summed E-state index contributed by atoms with van der Waals surface area (Å²) in [5.74, 6) is -0.609. The SMILES string of the molecule is CC(S(N)(=O)=O)S(=O)(=O)c1ccc(F)cc1. The number of hydrogen-bond acceptors (Lipinski definition) is 4. The number of rotatable bonds is 3. The van der Waals surface area contributed by atoms with E-state index in [1.54, 1.807) is 0 Å². The maximum Gasteiger partial charge on any atom is 0.226 e. The van der Waals surface area contributed by atoms with Gasteiger partial charge in [0.05, 0.1) is 4.90 Å². The van der Waals surface area contributed by atoms with E-state index in [-0.39, 0.29) is 4.90 Å². The standard InChI is InChI=1S/C8H10FNO4S2/c1-6(16(10,13)14)15(11,12)8-4-2-7(9)3-5-8/h2-6H,1H3,(H2,10,13,14). The molecule has 5 nitrogen and oxygen atoms in total. The molecule has 0 spiro atoms. The Morgan fingerprint density at radius 1 is 1.12 bits per heavy atom. The molecule has 0 heterocycles. The van der Waals surface area contributed by atoms with Crippen LogP contribution in [0, 0.1) is 5.82 Å². The molecule has 1 atom stereocenters. The topological polar surface area (TPSA) is 94.3 Å². The van der Waals surface area contributed by atoms with E-state index >= 15 is 0 Å². The molecule has 2 N–H and O–H groups in total. The molecule has 1 unspecified atom stereocenters. The minimum atomic E-state index is -4.20. The third-order valence-electron chi connectivity index (χ3n) is 2.04. The van der Waals surface area contributed by atoms with Crippen molar-refractivity contribution in [3.63, 3.8) is 0 Å². The molecule has 0 aliphatic rings. The van der Waals surface area contributed by atoms with E-state index in [0.717, 1.165) is 31.2 Å². The van der Waals surface area contributed by atoms with Gasteiger partial charge in [-0.2, -0.15) is 0 Å². The molecular weight excluding hydrogens is 257 g/mol. The van der Waals surface area contributed by atoms with Gasteiger partial charge in [-0.05, 0) is 31.2 Å². The Kier molecular flexibility index (Phi) is 3.36. The second-order valence-corrected chi connectivity index (χ2v) is 7.61. The summed E-state index contributed by atoms with van der Waals surface area (Å²) in [6.45, 7) is 0.966. The predicted molar refractivity (Wildman–Crippen MR) is 56.2 cm³/mol. The fourth-order valence-electron chi connectivity index (χ4n) is 0.992. The fraction of sp³-hybridized carbons (Fsp3) is 0.250. The van der Waals surface area contributed by atoms with Crippen molar-refractivity contribution in [2.75, 3.05) is 0 Å². The van der Waals surface area contributed by atoms with Crippen LogP contribution in [0.5, 0.6) is 0 Å². The first-order valence-electron chi connectivity index (χ1n) is 4.17. The minimum absolute atomic E-state index is 0.282. The number of sulfone groups is 1. The van der Waals surface area contributed by atoms with E-state index in [4.69, 9.17) is 5.14 Å². The zero-order valence-corrected chi connectivity index (χ0v) is 9.92. The van der Waals surface area contributed by atoms with Crippen molar-refractivity contribution in [2.24, 2.45) is 5.14 Å². The molecule has 0 saturated carbocycles. The van der Waals surface area contributed by atoms with Crippen molar-refractivity contribution in [3.8, 4) is 0 Å². The summed E-state index contributed by atoms with van der Waals surface area (Å²) in [6.07, 6.45) is 0. The Morgan fingerprint density at radius 2 is 1.56 bits per heavy atom. The first kappa shape index (κ1) is 13.1. The number of nitrogens with two attached hydrogens (primary N) is 1. The fourth-order valence-corrected chi connectivity index (χ4v) is 3.64. The van der Waals surface area contributed by atoms with Gasteiger partial charge in [-0.3, -0.25) is 0 Å². The van der Waals surface area contributed by atoms with Crippen LogP contribution in [-0.2, 0) is 19.9 Å². The molecule has 0 fully saturated rings. The van der Waals surface area contributed by atoms with E-state index < -0.39 is 30.3 Å². The molecule has 1 aromatic rings. The van der Waals surface area contributed by atoms with E-state index in [2.05, 4.69) is 0 Å². The van der Waals surface area contributed by atoms with Crippen molar-refractivity contribution < 1.29 is 21.2 Å². The monoisotopic (exact) mass is 267 g/mol. The Morgan fingerprint density at radius 3 is 1.94 bits per heavy atom. The Labute approximate surface area is 93.1 Å². The molecule has 90 valence electrons. The third-order valence-corrected chi connectivity index (χ3v) is 6.34. The molecule has 0 aliphatic heterocycles. The number of benzene rings is 1. The zero-order valence-electron chi connectivity index (χ0n) is 8.29. The van der Waals surface area contributed by atoms with E-state index in [1.165, 1.54) is 0 Å². The summed E-state index contributed by atoms with van der Waals surface area (Å²) >= 11 is 0. The van der Waals surface area contributed by atoms with Crippen molar-refractivity contribution in [3.05, 3.63) is 30.1 Å². The van der Waals surface area contributed by atoms with E-state index in [0.29, 0.717) is 0 Å². The largest absolute Gasteiger partial charge is 0.228 e. The van der Waals surface area contributed by atoms with Gasteiger partial charge in [0.25, 0.3) is 0 Å². The predicted octanol–water partition coefficient (Wildman–Crippen LogP) is 0.234. The van der Waals surface area contributed by atoms with Crippen LogP contribution in [0.3, 0.4) is 0 Å². The van der Waals surface area contributed by atoms with Gasteiger partial charge in [-0.15, -0.1) is 0 Å². The lowest BCUT2D eigenvalue weighted by molar-refractivity contribution is 0.578. The summed E-state index contributed by atoms with van der Waals surface area (Å²) in [4.78, 5) is -0.282. The number of sulfonamides is 1. The second-order valence-electron chi connectivity index (χ2n) is 3.16. The molecule has 8 heteroatoms. The summed E-state index contributed by atoms with van der Waals surface area (Å²) < 4.78 is 56.1. The summed E-state index contributed by atoms with van der Waals surface area (Å²) in [5, 5.41) is 4.75. The maximum absolute atomic E-state index is 12.6. The van der Waals surface area contributed by atoms with Crippen LogP contribution in [0.25, 0.3) is 0 Å². The van der Waals surface area contributed by atoms with Crippen molar-refractivity contribution in [2.45, 2.75) is 16.4 Å². The van der Waals surface area contributed by atoms with Gasteiger partial charge in [-0.1, -0.05) is 0 Å².